The van der Waals surface area contributed by atoms with Crippen LogP contribution >= 0.6 is 23.2 Å². The van der Waals surface area contributed by atoms with E-state index in [1.807, 2.05) is 22.9 Å². The van der Waals surface area contributed by atoms with E-state index in [2.05, 4.69) is 9.88 Å². The lowest BCUT2D eigenvalue weighted by Gasteiger charge is -2.37. The number of ether oxygens (including phenoxy) is 1. The molecule has 0 amide bonds. The number of benzene rings is 1. The lowest BCUT2D eigenvalue weighted by Crippen LogP contribution is -2.43. The maximum Gasteiger partial charge on any atom is 0.305 e. The summed E-state index contributed by atoms with van der Waals surface area (Å²) >= 11 is 12.8. The number of hydrogen-bond donors (Lipinski definition) is 1. The van der Waals surface area contributed by atoms with Gasteiger partial charge in [0.25, 0.3) is 0 Å². The Hall–Kier alpha value is -2.35. The van der Waals surface area contributed by atoms with Crippen molar-refractivity contribution in [2.75, 3.05) is 24.7 Å². The van der Waals surface area contributed by atoms with E-state index in [-0.39, 0.29) is 19.1 Å². The first kappa shape index (κ1) is 20.9. The van der Waals surface area contributed by atoms with E-state index in [4.69, 9.17) is 38.0 Å². The van der Waals surface area contributed by atoms with Crippen LogP contribution in [0.25, 0.3) is 16.6 Å². The molecule has 158 valence electrons. The fourth-order valence-electron chi connectivity index (χ4n) is 3.82. The standard InChI is InChI=1S/C21H22Cl2N4O3/c22-16-5-4-15-17(26-9-7-24-13-26)11-18(25-21(15)20(16)23)27-8-2-1-3-14(27)12-30-10-6-19(28)29/h4-5,7,9,11,13-14H,1-3,6,8,10,12H2,(H,28,29)/t14-/m0/s1. The number of pyridine rings is 1. The number of piperidine rings is 1. The van der Waals surface area contributed by atoms with Crippen LogP contribution in [0, 0.1) is 0 Å². The van der Waals surface area contributed by atoms with Crippen LogP contribution in [0.4, 0.5) is 5.82 Å². The number of nitrogens with zero attached hydrogens (tertiary/aromatic N) is 4. The first-order chi connectivity index (χ1) is 14.5. The third-order valence-corrected chi connectivity index (χ3v) is 6.11. The molecule has 0 saturated carbocycles. The molecule has 1 N–H and O–H groups in total. The van der Waals surface area contributed by atoms with Crippen LogP contribution in [0.5, 0.6) is 0 Å². The van der Waals surface area contributed by atoms with Crippen molar-refractivity contribution in [2.45, 2.75) is 31.7 Å². The number of carboxylic acids is 1. The van der Waals surface area contributed by atoms with Crippen molar-refractivity contribution in [1.82, 2.24) is 14.5 Å². The molecule has 1 saturated heterocycles. The summed E-state index contributed by atoms with van der Waals surface area (Å²) in [5, 5.41) is 10.6. The Kier molecular flexibility index (Phi) is 6.41. The number of rotatable bonds is 7. The van der Waals surface area contributed by atoms with Gasteiger partial charge in [-0.3, -0.25) is 4.79 Å². The normalized spacial score (nSPS) is 16.9. The number of aromatic nitrogens is 3. The quantitative estimate of drug-likeness (QED) is 0.532. The van der Waals surface area contributed by atoms with Crippen molar-refractivity contribution >= 4 is 45.9 Å². The fourth-order valence-corrected chi connectivity index (χ4v) is 4.18. The molecular formula is C21H22Cl2N4O3. The van der Waals surface area contributed by atoms with Gasteiger partial charge in [0.05, 0.1) is 53.3 Å². The number of anilines is 1. The summed E-state index contributed by atoms with van der Waals surface area (Å²) < 4.78 is 7.59. The molecule has 0 unspecified atom stereocenters. The van der Waals surface area contributed by atoms with Gasteiger partial charge in [-0.25, -0.2) is 9.97 Å². The van der Waals surface area contributed by atoms with Crippen LogP contribution < -0.4 is 4.90 Å². The molecule has 30 heavy (non-hydrogen) atoms. The Balaban J connectivity index is 1.71. The summed E-state index contributed by atoms with van der Waals surface area (Å²) in [5.74, 6) is -0.0647. The SMILES string of the molecule is O=C(O)CCOC[C@@H]1CCCCN1c1cc(-n2ccnc2)c2ccc(Cl)c(Cl)c2n1. The molecule has 4 rings (SSSR count). The zero-order valence-corrected chi connectivity index (χ0v) is 17.8. The molecule has 3 aromatic rings. The van der Waals surface area contributed by atoms with Crippen LogP contribution in [-0.4, -0.2) is 51.4 Å². The zero-order valence-electron chi connectivity index (χ0n) is 16.3. The van der Waals surface area contributed by atoms with Gasteiger partial charge in [-0.2, -0.15) is 0 Å². The van der Waals surface area contributed by atoms with Crippen LogP contribution in [0.3, 0.4) is 0 Å². The zero-order chi connectivity index (χ0) is 21.1. The molecule has 1 aliphatic heterocycles. The Morgan fingerprint density at radius 1 is 1.30 bits per heavy atom. The topological polar surface area (TPSA) is 80.5 Å². The first-order valence-corrected chi connectivity index (χ1v) is 10.6. The van der Waals surface area contributed by atoms with Gasteiger partial charge in [-0.15, -0.1) is 0 Å². The molecule has 9 heteroatoms. The predicted molar refractivity (Wildman–Crippen MR) is 117 cm³/mol. The van der Waals surface area contributed by atoms with Gasteiger partial charge >= 0.3 is 5.97 Å². The Bertz CT molecular complexity index is 1040. The first-order valence-electron chi connectivity index (χ1n) is 9.88. The van der Waals surface area contributed by atoms with Crippen molar-refractivity contribution in [3.8, 4) is 5.69 Å². The van der Waals surface area contributed by atoms with E-state index < -0.39 is 5.97 Å². The number of hydrogen-bond acceptors (Lipinski definition) is 5. The van der Waals surface area contributed by atoms with Crippen LogP contribution in [-0.2, 0) is 9.53 Å². The molecule has 3 heterocycles. The smallest absolute Gasteiger partial charge is 0.305 e. The monoisotopic (exact) mass is 448 g/mol. The average molecular weight is 449 g/mol. The number of carbonyl (C=O) groups is 1. The number of aliphatic carboxylic acids is 1. The molecular weight excluding hydrogens is 427 g/mol. The van der Waals surface area contributed by atoms with Gasteiger partial charge in [0, 0.05) is 30.4 Å². The van der Waals surface area contributed by atoms with Gasteiger partial charge in [0.15, 0.2) is 0 Å². The van der Waals surface area contributed by atoms with Gasteiger partial charge in [-0.05, 0) is 31.4 Å². The van der Waals surface area contributed by atoms with Gasteiger partial charge in [-0.1, -0.05) is 23.2 Å². The van der Waals surface area contributed by atoms with Gasteiger partial charge in [0.1, 0.15) is 5.82 Å². The number of carboxylic acid groups (broad SMARTS) is 1. The largest absolute Gasteiger partial charge is 0.481 e. The molecule has 0 radical (unpaired) electrons. The second-order valence-corrected chi connectivity index (χ2v) is 8.07. The molecule has 0 aliphatic carbocycles. The summed E-state index contributed by atoms with van der Waals surface area (Å²) in [4.78, 5) is 22.0. The summed E-state index contributed by atoms with van der Waals surface area (Å²) in [5.41, 5.74) is 1.56. The van der Waals surface area contributed by atoms with E-state index in [0.717, 1.165) is 42.7 Å². The maximum absolute atomic E-state index is 10.7. The highest BCUT2D eigenvalue weighted by molar-refractivity contribution is 6.45. The van der Waals surface area contributed by atoms with Crippen molar-refractivity contribution in [3.63, 3.8) is 0 Å². The number of imidazole rings is 1. The second kappa shape index (κ2) is 9.20. The Labute approximate surface area is 184 Å². The molecule has 0 spiro atoms. The van der Waals surface area contributed by atoms with Gasteiger partial charge in [0.2, 0.25) is 0 Å². The summed E-state index contributed by atoms with van der Waals surface area (Å²) in [6.45, 7) is 1.50. The van der Waals surface area contributed by atoms with E-state index in [0.29, 0.717) is 22.2 Å². The Morgan fingerprint density at radius 2 is 2.17 bits per heavy atom. The summed E-state index contributed by atoms with van der Waals surface area (Å²) in [7, 11) is 0. The minimum Gasteiger partial charge on any atom is -0.481 e. The molecule has 1 aliphatic rings. The van der Waals surface area contributed by atoms with Crippen LogP contribution in [0.2, 0.25) is 10.0 Å². The van der Waals surface area contributed by atoms with Crippen LogP contribution in [0.15, 0.2) is 36.9 Å². The molecule has 1 atom stereocenters. The van der Waals surface area contributed by atoms with E-state index in [1.54, 1.807) is 18.6 Å². The van der Waals surface area contributed by atoms with Crippen LogP contribution in [0.1, 0.15) is 25.7 Å². The fraction of sp³-hybridized carbons (Fsp3) is 0.381. The molecule has 1 aromatic carbocycles. The maximum atomic E-state index is 10.7. The molecule has 1 fully saturated rings. The third-order valence-electron chi connectivity index (χ3n) is 5.31. The lowest BCUT2D eigenvalue weighted by molar-refractivity contribution is -0.138. The van der Waals surface area contributed by atoms with E-state index >= 15 is 0 Å². The molecule has 0 bridgehead atoms. The van der Waals surface area contributed by atoms with Crippen molar-refractivity contribution in [1.29, 1.82) is 0 Å². The second-order valence-electron chi connectivity index (χ2n) is 7.29. The number of fused-ring (bicyclic) bond motifs is 1. The summed E-state index contributed by atoms with van der Waals surface area (Å²) in [6, 6.07) is 5.84. The minimum atomic E-state index is -0.858. The van der Waals surface area contributed by atoms with Gasteiger partial charge < -0.3 is 19.3 Å². The predicted octanol–water partition coefficient (Wildman–Crippen LogP) is 4.58. The third kappa shape index (κ3) is 4.38. The highest BCUT2D eigenvalue weighted by Crippen LogP contribution is 2.36. The lowest BCUT2D eigenvalue weighted by atomic mass is 10.0. The van der Waals surface area contributed by atoms with Crippen molar-refractivity contribution in [3.05, 3.63) is 47.0 Å². The van der Waals surface area contributed by atoms with E-state index in [1.165, 1.54) is 0 Å². The summed E-state index contributed by atoms with van der Waals surface area (Å²) in [6.07, 6.45) is 8.44. The van der Waals surface area contributed by atoms with Crippen molar-refractivity contribution in [2.24, 2.45) is 0 Å². The minimum absolute atomic E-state index is 0.000170. The number of halogens is 2. The van der Waals surface area contributed by atoms with E-state index in [9.17, 15) is 4.79 Å². The molecule has 7 nitrogen and oxygen atoms in total. The molecule has 2 aromatic heterocycles. The highest BCUT2D eigenvalue weighted by Gasteiger charge is 2.25. The van der Waals surface area contributed by atoms with Crippen molar-refractivity contribution < 1.29 is 14.6 Å². The highest BCUT2D eigenvalue weighted by atomic mass is 35.5. The average Bonchev–Trinajstić information content (AvgIpc) is 3.28. The Morgan fingerprint density at radius 3 is 2.93 bits per heavy atom.